The summed E-state index contributed by atoms with van der Waals surface area (Å²) in [6.07, 6.45) is 4.13. The van der Waals surface area contributed by atoms with E-state index in [9.17, 15) is 4.79 Å². The van der Waals surface area contributed by atoms with Crippen LogP contribution in [0.2, 0.25) is 0 Å². The number of aryl methyl sites for hydroxylation is 2. The number of aromatic nitrogens is 2. The molecule has 0 saturated carbocycles. The molecule has 2 N–H and O–H groups in total. The molecule has 0 atom stereocenters. The maximum Gasteiger partial charge on any atom is 0.313 e. The van der Waals surface area contributed by atoms with Gasteiger partial charge in [0.25, 0.3) is 5.88 Å². The zero-order valence-electron chi connectivity index (χ0n) is 11.8. The van der Waals surface area contributed by atoms with Crippen molar-refractivity contribution in [3.63, 3.8) is 0 Å². The molecule has 0 radical (unpaired) electrons. The van der Waals surface area contributed by atoms with Crippen LogP contribution in [0.1, 0.15) is 24.5 Å². The molecule has 2 rings (SSSR count). The van der Waals surface area contributed by atoms with Crippen molar-refractivity contribution in [1.82, 2.24) is 9.55 Å². The van der Waals surface area contributed by atoms with Crippen LogP contribution in [-0.2, 0) is 13.1 Å². The summed E-state index contributed by atoms with van der Waals surface area (Å²) < 4.78 is 7.27. The van der Waals surface area contributed by atoms with Gasteiger partial charge >= 0.3 is 5.56 Å². The molecule has 20 heavy (non-hydrogen) atoms. The van der Waals surface area contributed by atoms with Crippen molar-refractivity contribution in [1.29, 1.82) is 0 Å². The molecule has 0 aliphatic carbocycles. The largest absolute Gasteiger partial charge is 0.434 e. The molecule has 0 unspecified atom stereocenters. The molecule has 1 aromatic carbocycles. The van der Waals surface area contributed by atoms with E-state index in [1.54, 1.807) is 17.0 Å². The molecule has 0 aliphatic heterocycles. The van der Waals surface area contributed by atoms with E-state index in [2.05, 4.69) is 4.98 Å². The number of nitrogens with zero attached hydrogens (tertiary/aromatic N) is 2. The number of nitrogens with two attached hydrogens (primary N) is 1. The zero-order chi connectivity index (χ0) is 14.5. The Morgan fingerprint density at radius 1 is 1.40 bits per heavy atom. The Morgan fingerprint density at radius 2 is 2.20 bits per heavy atom. The van der Waals surface area contributed by atoms with Crippen LogP contribution < -0.4 is 16.0 Å². The first-order valence-corrected chi connectivity index (χ1v) is 6.68. The molecule has 0 fully saturated rings. The van der Waals surface area contributed by atoms with Gasteiger partial charge in [0, 0.05) is 25.5 Å². The Hall–Kier alpha value is -2.14. The van der Waals surface area contributed by atoms with E-state index in [1.807, 2.05) is 32.0 Å². The summed E-state index contributed by atoms with van der Waals surface area (Å²) in [4.78, 5) is 16.2. The molecule has 5 heteroatoms. The minimum Gasteiger partial charge on any atom is -0.434 e. The summed E-state index contributed by atoms with van der Waals surface area (Å²) in [5.41, 5.74) is 7.30. The second-order valence-corrected chi connectivity index (χ2v) is 4.64. The minimum atomic E-state index is -0.216. The van der Waals surface area contributed by atoms with Gasteiger partial charge in [0.15, 0.2) is 0 Å². The average Bonchev–Trinajstić information content (AvgIpc) is 2.45. The lowest BCUT2D eigenvalue weighted by Crippen LogP contribution is -2.21. The highest BCUT2D eigenvalue weighted by Gasteiger charge is 2.09. The molecule has 106 valence electrons. The standard InChI is InChI=1S/C15H19N3O2/c1-3-7-18-8-6-17-14(15(18)19)20-13-9-12(10-16)5-4-11(13)2/h4-6,8-9H,3,7,10,16H2,1-2H3. The van der Waals surface area contributed by atoms with Crippen molar-refractivity contribution in [3.8, 4) is 11.6 Å². The Morgan fingerprint density at radius 3 is 2.90 bits per heavy atom. The molecule has 2 aromatic rings. The summed E-state index contributed by atoms with van der Waals surface area (Å²) in [6, 6.07) is 5.70. The van der Waals surface area contributed by atoms with Crippen molar-refractivity contribution in [2.24, 2.45) is 5.73 Å². The first-order chi connectivity index (χ1) is 9.65. The average molecular weight is 273 g/mol. The number of hydrogen-bond acceptors (Lipinski definition) is 4. The Balaban J connectivity index is 2.35. The smallest absolute Gasteiger partial charge is 0.313 e. The number of rotatable bonds is 5. The second-order valence-electron chi connectivity index (χ2n) is 4.64. The monoisotopic (exact) mass is 273 g/mol. The van der Waals surface area contributed by atoms with Crippen LogP contribution in [0.5, 0.6) is 11.6 Å². The molecule has 0 bridgehead atoms. The van der Waals surface area contributed by atoms with Gasteiger partial charge in [0.1, 0.15) is 5.75 Å². The third kappa shape index (κ3) is 3.05. The third-order valence-corrected chi connectivity index (χ3v) is 3.04. The molecule has 5 nitrogen and oxygen atoms in total. The van der Waals surface area contributed by atoms with E-state index in [-0.39, 0.29) is 11.4 Å². The molecular weight excluding hydrogens is 254 g/mol. The van der Waals surface area contributed by atoms with Gasteiger partial charge in [-0.2, -0.15) is 0 Å². The molecule has 1 aromatic heterocycles. The van der Waals surface area contributed by atoms with Crippen LogP contribution in [0.3, 0.4) is 0 Å². The second kappa shape index (κ2) is 6.34. The molecule has 1 heterocycles. The van der Waals surface area contributed by atoms with Crippen LogP contribution in [0.15, 0.2) is 35.4 Å². The Bertz CT molecular complexity index is 650. The molecule has 0 aliphatic rings. The maximum atomic E-state index is 12.2. The van der Waals surface area contributed by atoms with Gasteiger partial charge in [0.05, 0.1) is 0 Å². The Kier molecular flexibility index (Phi) is 4.53. The van der Waals surface area contributed by atoms with Crippen LogP contribution in [-0.4, -0.2) is 9.55 Å². The number of ether oxygens (including phenoxy) is 1. The van der Waals surface area contributed by atoms with Gasteiger partial charge in [-0.25, -0.2) is 4.98 Å². The minimum absolute atomic E-state index is 0.0956. The summed E-state index contributed by atoms with van der Waals surface area (Å²) >= 11 is 0. The van der Waals surface area contributed by atoms with Gasteiger partial charge < -0.3 is 15.0 Å². The van der Waals surface area contributed by atoms with E-state index in [0.717, 1.165) is 17.5 Å². The predicted molar refractivity (Wildman–Crippen MR) is 77.9 cm³/mol. The van der Waals surface area contributed by atoms with Gasteiger partial charge in [0.2, 0.25) is 0 Å². The number of hydrogen-bond donors (Lipinski definition) is 1. The van der Waals surface area contributed by atoms with Crippen LogP contribution in [0.25, 0.3) is 0 Å². The lowest BCUT2D eigenvalue weighted by molar-refractivity contribution is 0.440. The van der Waals surface area contributed by atoms with E-state index in [1.165, 1.54) is 0 Å². The first kappa shape index (κ1) is 14.3. The van der Waals surface area contributed by atoms with Crippen LogP contribution in [0.4, 0.5) is 0 Å². The van der Waals surface area contributed by atoms with Crippen molar-refractivity contribution in [2.45, 2.75) is 33.4 Å². The van der Waals surface area contributed by atoms with E-state index in [0.29, 0.717) is 18.8 Å². The SMILES string of the molecule is CCCn1ccnc(Oc2cc(CN)ccc2C)c1=O. The predicted octanol–water partition coefficient (Wildman–Crippen LogP) is 2.21. The van der Waals surface area contributed by atoms with Crippen molar-refractivity contribution < 1.29 is 4.74 Å². The van der Waals surface area contributed by atoms with E-state index in [4.69, 9.17) is 10.5 Å². The zero-order valence-corrected chi connectivity index (χ0v) is 11.8. The highest BCUT2D eigenvalue weighted by Crippen LogP contribution is 2.23. The fraction of sp³-hybridized carbons (Fsp3) is 0.333. The molecule has 0 spiro atoms. The van der Waals surface area contributed by atoms with Crippen molar-refractivity contribution in [3.05, 3.63) is 52.1 Å². The Labute approximate surface area is 118 Å². The lowest BCUT2D eigenvalue weighted by Gasteiger charge is -2.10. The van der Waals surface area contributed by atoms with E-state index >= 15 is 0 Å². The quantitative estimate of drug-likeness (QED) is 0.906. The molecule has 0 saturated heterocycles. The summed E-state index contributed by atoms with van der Waals surface area (Å²) in [7, 11) is 0. The fourth-order valence-corrected chi connectivity index (χ4v) is 1.90. The summed E-state index contributed by atoms with van der Waals surface area (Å²) in [5.74, 6) is 0.713. The van der Waals surface area contributed by atoms with Crippen molar-refractivity contribution in [2.75, 3.05) is 0 Å². The topological polar surface area (TPSA) is 70.1 Å². The summed E-state index contributed by atoms with van der Waals surface area (Å²) in [5, 5.41) is 0. The molecule has 0 amide bonds. The fourth-order valence-electron chi connectivity index (χ4n) is 1.90. The first-order valence-electron chi connectivity index (χ1n) is 6.68. The third-order valence-electron chi connectivity index (χ3n) is 3.04. The van der Waals surface area contributed by atoms with Crippen LogP contribution >= 0.6 is 0 Å². The van der Waals surface area contributed by atoms with Gasteiger partial charge in [-0.05, 0) is 30.5 Å². The molecular formula is C15H19N3O2. The highest BCUT2D eigenvalue weighted by atomic mass is 16.5. The van der Waals surface area contributed by atoms with Gasteiger partial charge in [-0.1, -0.05) is 19.1 Å². The summed E-state index contributed by atoms with van der Waals surface area (Å²) in [6.45, 7) is 5.02. The van der Waals surface area contributed by atoms with E-state index < -0.39 is 0 Å². The number of benzene rings is 1. The van der Waals surface area contributed by atoms with Gasteiger partial charge in [-0.15, -0.1) is 0 Å². The highest BCUT2D eigenvalue weighted by molar-refractivity contribution is 5.38. The normalized spacial score (nSPS) is 10.6. The van der Waals surface area contributed by atoms with Gasteiger partial charge in [-0.3, -0.25) is 4.79 Å². The lowest BCUT2D eigenvalue weighted by atomic mass is 10.1. The van der Waals surface area contributed by atoms with Crippen LogP contribution in [0, 0.1) is 6.92 Å². The maximum absolute atomic E-state index is 12.2. The van der Waals surface area contributed by atoms with Crippen molar-refractivity contribution >= 4 is 0 Å².